The van der Waals surface area contributed by atoms with Crippen LogP contribution in [0, 0.1) is 0 Å². The van der Waals surface area contributed by atoms with E-state index in [1.807, 2.05) is 48.7 Å². The Balaban J connectivity index is 2.12. The molecule has 106 valence electrons. The predicted octanol–water partition coefficient (Wildman–Crippen LogP) is 3.31. The molecular formula is C15H18N2O2S. The molecule has 0 aliphatic carbocycles. The fourth-order valence-electron chi connectivity index (χ4n) is 1.86. The van der Waals surface area contributed by atoms with E-state index >= 15 is 0 Å². The maximum Gasteiger partial charge on any atom is 0.319 e. The highest BCUT2D eigenvalue weighted by atomic mass is 32.1. The number of carbonyl (C=O) groups excluding carboxylic acids is 1. The highest BCUT2D eigenvalue weighted by molar-refractivity contribution is 7.13. The van der Waals surface area contributed by atoms with Gasteiger partial charge in [0.1, 0.15) is 0 Å². The number of nitrogens with one attached hydrogen (secondary N) is 2. The topological polar surface area (TPSA) is 61.4 Å². The van der Waals surface area contributed by atoms with Crippen molar-refractivity contribution in [3.8, 4) is 10.4 Å². The van der Waals surface area contributed by atoms with Gasteiger partial charge in [-0.15, -0.1) is 11.3 Å². The molecule has 20 heavy (non-hydrogen) atoms. The van der Waals surface area contributed by atoms with Gasteiger partial charge < -0.3 is 15.7 Å². The van der Waals surface area contributed by atoms with Crippen molar-refractivity contribution in [3.63, 3.8) is 0 Å². The first kappa shape index (κ1) is 14.6. The van der Waals surface area contributed by atoms with Crippen molar-refractivity contribution in [1.82, 2.24) is 5.32 Å². The summed E-state index contributed by atoms with van der Waals surface area (Å²) < 4.78 is 0. The number of para-hydroxylation sites is 1. The summed E-state index contributed by atoms with van der Waals surface area (Å²) in [5, 5.41) is 16.7. The third-order valence-electron chi connectivity index (χ3n) is 3.01. The number of benzene rings is 1. The number of anilines is 1. The quantitative estimate of drug-likeness (QED) is 0.791. The van der Waals surface area contributed by atoms with Gasteiger partial charge in [0, 0.05) is 10.4 Å². The molecule has 1 unspecified atom stereocenters. The number of rotatable bonds is 5. The van der Waals surface area contributed by atoms with Crippen LogP contribution in [-0.2, 0) is 0 Å². The minimum absolute atomic E-state index is 0.0590. The molecule has 0 saturated heterocycles. The molecule has 2 aromatic rings. The minimum Gasteiger partial charge on any atom is -0.394 e. The second-order valence-corrected chi connectivity index (χ2v) is 5.36. The molecular weight excluding hydrogens is 272 g/mol. The number of thiophene rings is 1. The Morgan fingerprint density at radius 2 is 2.10 bits per heavy atom. The Labute approximate surface area is 122 Å². The Kier molecular flexibility index (Phi) is 5.15. The van der Waals surface area contributed by atoms with Crippen LogP contribution in [0.1, 0.15) is 13.3 Å². The van der Waals surface area contributed by atoms with E-state index < -0.39 is 0 Å². The van der Waals surface area contributed by atoms with Gasteiger partial charge in [-0.3, -0.25) is 0 Å². The smallest absolute Gasteiger partial charge is 0.319 e. The number of hydrogen-bond acceptors (Lipinski definition) is 3. The Morgan fingerprint density at radius 1 is 1.30 bits per heavy atom. The van der Waals surface area contributed by atoms with E-state index in [4.69, 9.17) is 5.11 Å². The Morgan fingerprint density at radius 3 is 2.75 bits per heavy atom. The molecule has 0 saturated carbocycles. The molecule has 5 heteroatoms. The van der Waals surface area contributed by atoms with Gasteiger partial charge in [-0.2, -0.15) is 0 Å². The fraction of sp³-hybridized carbons (Fsp3) is 0.267. The summed E-state index contributed by atoms with van der Waals surface area (Å²) in [4.78, 5) is 13.0. The van der Waals surface area contributed by atoms with E-state index in [9.17, 15) is 4.79 Å². The van der Waals surface area contributed by atoms with Gasteiger partial charge in [-0.25, -0.2) is 4.79 Å². The van der Waals surface area contributed by atoms with Gasteiger partial charge >= 0.3 is 6.03 Å². The average Bonchev–Trinajstić information content (AvgIpc) is 2.99. The molecule has 1 heterocycles. The fourth-order valence-corrected chi connectivity index (χ4v) is 2.63. The lowest BCUT2D eigenvalue weighted by atomic mass is 10.1. The van der Waals surface area contributed by atoms with Crippen molar-refractivity contribution in [2.24, 2.45) is 0 Å². The second kappa shape index (κ2) is 7.07. The summed E-state index contributed by atoms with van der Waals surface area (Å²) >= 11 is 1.63. The summed E-state index contributed by atoms with van der Waals surface area (Å²) in [5.41, 5.74) is 1.76. The Bertz CT molecular complexity index is 551. The molecule has 3 N–H and O–H groups in total. The third kappa shape index (κ3) is 3.59. The third-order valence-corrected chi connectivity index (χ3v) is 3.91. The number of carbonyl (C=O) groups is 1. The first-order valence-corrected chi connectivity index (χ1v) is 7.43. The lowest BCUT2D eigenvalue weighted by molar-refractivity contribution is 0.222. The summed E-state index contributed by atoms with van der Waals surface area (Å²) in [6, 6.07) is 11.2. The van der Waals surface area contributed by atoms with Crippen LogP contribution in [-0.4, -0.2) is 23.8 Å². The molecule has 1 aromatic carbocycles. The zero-order valence-electron chi connectivity index (χ0n) is 11.3. The molecule has 1 atom stereocenters. The summed E-state index contributed by atoms with van der Waals surface area (Å²) in [7, 11) is 0. The minimum atomic E-state index is -0.296. The Hall–Kier alpha value is -1.85. The van der Waals surface area contributed by atoms with E-state index in [-0.39, 0.29) is 18.7 Å². The van der Waals surface area contributed by atoms with Crippen molar-refractivity contribution >= 4 is 23.1 Å². The van der Waals surface area contributed by atoms with Crippen molar-refractivity contribution in [1.29, 1.82) is 0 Å². The van der Waals surface area contributed by atoms with Crippen molar-refractivity contribution in [3.05, 3.63) is 41.8 Å². The summed E-state index contributed by atoms with van der Waals surface area (Å²) in [6.07, 6.45) is 0.691. The molecule has 0 bridgehead atoms. The van der Waals surface area contributed by atoms with Crippen LogP contribution in [0.25, 0.3) is 10.4 Å². The number of aliphatic hydroxyl groups is 1. The SMILES string of the molecule is CCC(CO)NC(=O)Nc1ccccc1-c1cccs1. The van der Waals surface area contributed by atoms with Crippen LogP contribution in [0.4, 0.5) is 10.5 Å². The summed E-state index contributed by atoms with van der Waals surface area (Å²) in [5.74, 6) is 0. The molecule has 0 aliphatic heterocycles. The van der Waals surface area contributed by atoms with Crippen LogP contribution in [0.2, 0.25) is 0 Å². The van der Waals surface area contributed by atoms with Crippen molar-refractivity contribution in [2.45, 2.75) is 19.4 Å². The van der Waals surface area contributed by atoms with Crippen LogP contribution >= 0.6 is 11.3 Å². The van der Waals surface area contributed by atoms with Crippen molar-refractivity contribution < 1.29 is 9.90 Å². The second-order valence-electron chi connectivity index (χ2n) is 4.41. The zero-order valence-corrected chi connectivity index (χ0v) is 12.1. The summed E-state index contributed by atoms with van der Waals surface area (Å²) in [6.45, 7) is 1.86. The van der Waals surface area contributed by atoms with E-state index in [0.717, 1.165) is 16.1 Å². The maximum atomic E-state index is 11.9. The van der Waals surface area contributed by atoms with E-state index in [1.54, 1.807) is 11.3 Å². The van der Waals surface area contributed by atoms with Gasteiger partial charge in [0.25, 0.3) is 0 Å². The number of urea groups is 1. The average molecular weight is 290 g/mol. The molecule has 2 amide bonds. The first-order chi connectivity index (χ1) is 9.74. The molecule has 0 radical (unpaired) electrons. The van der Waals surface area contributed by atoms with E-state index in [2.05, 4.69) is 10.6 Å². The number of aliphatic hydroxyl groups excluding tert-OH is 1. The highest BCUT2D eigenvalue weighted by Gasteiger charge is 2.11. The van der Waals surface area contributed by atoms with Gasteiger partial charge in [0.15, 0.2) is 0 Å². The van der Waals surface area contributed by atoms with Crippen LogP contribution in [0.5, 0.6) is 0 Å². The lowest BCUT2D eigenvalue weighted by Crippen LogP contribution is -2.39. The molecule has 4 nitrogen and oxygen atoms in total. The zero-order chi connectivity index (χ0) is 14.4. The normalized spacial score (nSPS) is 11.9. The molecule has 2 rings (SSSR count). The van der Waals surface area contributed by atoms with Gasteiger partial charge in [0.05, 0.1) is 18.3 Å². The predicted molar refractivity (Wildman–Crippen MR) is 83.1 cm³/mol. The molecule has 0 spiro atoms. The van der Waals surface area contributed by atoms with E-state index in [0.29, 0.717) is 6.42 Å². The standard InChI is InChI=1S/C15H18N2O2S/c1-2-11(10-18)16-15(19)17-13-7-4-3-6-12(13)14-8-5-9-20-14/h3-9,11,18H,2,10H2,1H3,(H2,16,17,19). The van der Waals surface area contributed by atoms with Crippen LogP contribution in [0.15, 0.2) is 41.8 Å². The number of hydrogen-bond donors (Lipinski definition) is 3. The van der Waals surface area contributed by atoms with Gasteiger partial charge in [-0.1, -0.05) is 31.2 Å². The molecule has 0 fully saturated rings. The number of amides is 2. The monoisotopic (exact) mass is 290 g/mol. The van der Waals surface area contributed by atoms with Gasteiger partial charge in [0.2, 0.25) is 0 Å². The van der Waals surface area contributed by atoms with Crippen LogP contribution in [0.3, 0.4) is 0 Å². The largest absolute Gasteiger partial charge is 0.394 e. The first-order valence-electron chi connectivity index (χ1n) is 6.56. The molecule has 0 aliphatic rings. The van der Waals surface area contributed by atoms with Crippen molar-refractivity contribution in [2.75, 3.05) is 11.9 Å². The van der Waals surface area contributed by atoms with Gasteiger partial charge in [-0.05, 0) is 23.9 Å². The highest BCUT2D eigenvalue weighted by Crippen LogP contribution is 2.31. The van der Waals surface area contributed by atoms with E-state index in [1.165, 1.54) is 0 Å². The molecule has 1 aromatic heterocycles. The lowest BCUT2D eigenvalue weighted by Gasteiger charge is -2.16. The maximum absolute atomic E-state index is 11.9. The van der Waals surface area contributed by atoms with Crippen LogP contribution < -0.4 is 10.6 Å².